The lowest BCUT2D eigenvalue weighted by atomic mass is 9.90. The molecule has 1 heterocycles. The van der Waals surface area contributed by atoms with Crippen LogP contribution in [0.5, 0.6) is 0 Å². The van der Waals surface area contributed by atoms with Crippen molar-refractivity contribution in [1.82, 2.24) is 4.90 Å². The zero-order chi connectivity index (χ0) is 14.8. The number of nitrogens with one attached hydrogen (secondary N) is 1. The zero-order valence-corrected chi connectivity index (χ0v) is 12.5. The molecule has 2 amide bonds. The van der Waals surface area contributed by atoms with Gasteiger partial charge in [-0.2, -0.15) is 0 Å². The van der Waals surface area contributed by atoms with E-state index in [1.807, 2.05) is 12.1 Å². The van der Waals surface area contributed by atoms with Gasteiger partial charge in [0.2, 0.25) is 0 Å². The summed E-state index contributed by atoms with van der Waals surface area (Å²) in [7, 11) is 0. The predicted molar refractivity (Wildman–Crippen MR) is 82.7 cm³/mol. The number of benzene rings is 1. The first-order chi connectivity index (χ1) is 10.2. The summed E-state index contributed by atoms with van der Waals surface area (Å²) in [5.74, 6) is -0.0572. The lowest BCUT2D eigenvalue weighted by Crippen LogP contribution is -2.44. The van der Waals surface area contributed by atoms with Crippen molar-refractivity contribution in [2.75, 3.05) is 16.9 Å². The first kappa shape index (κ1) is 14.3. The van der Waals surface area contributed by atoms with Crippen molar-refractivity contribution in [3.63, 3.8) is 0 Å². The summed E-state index contributed by atoms with van der Waals surface area (Å²) in [6.07, 6.45) is 4.35. The molecule has 1 aliphatic carbocycles. The summed E-state index contributed by atoms with van der Waals surface area (Å²) in [5.41, 5.74) is 3.33. The Balaban J connectivity index is 1.77. The van der Waals surface area contributed by atoms with Gasteiger partial charge in [-0.25, -0.2) is 9.59 Å². The number of aliphatic carboxylic acids is 1. The van der Waals surface area contributed by atoms with E-state index in [0.29, 0.717) is 11.6 Å². The standard InChI is InChI=1S/C15H18N2O3S/c18-14(19)13-8-21-9-17(13)15(20)16-12-7-3-5-10-4-1-2-6-11(10)12/h3,5,7,13H,1-2,4,6,8-9H2,(H,16,20)(H,18,19). The molecule has 2 aliphatic rings. The number of thioether (sulfide) groups is 1. The van der Waals surface area contributed by atoms with Crippen LogP contribution >= 0.6 is 11.8 Å². The van der Waals surface area contributed by atoms with Crippen molar-refractivity contribution in [3.05, 3.63) is 29.3 Å². The topological polar surface area (TPSA) is 69.6 Å². The molecule has 5 nitrogen and oxygen atoms in total. The van der Waals surface area contributed by atoms with Crippen LogP contribution in [0.25, 0.3) is 0 Å². The van der Waals surface area contributed by atoms with E-state index in [-0.39, 0.29) is 6.03 Å². The van der Waals surface area contributed by atoms with Gasteiger partial charge in [0.25, 0.3) is 0 Å². The molecule has 2 N–H and O–H groups in total. The van der Waals surface area contributed by atoms with E-state index in [1.54, 1.807) is 0 Å². The molecule has 1 fully saturated rings. The molecular weight excluding hydrogens is 288 g/mol. The van der Waals surface area contributed by atoms with Gasteiger partial charge >= 0.3 is 12.0 Å². The number of fused-ring (bicyclic) bond motifs is 1. The highest BCUT2D eigenvalue weighted by molar-refractivity contribution is 7.99. The quantitative estimate of drug-likeness (QED) is 0.881. The minimum absolute atomic E-state index is 0.314. The molecular formula is C15H18N2O3S. The molecule has 1 aliphatic heterocycles. The minimum Gasteiger partial charge on any atom is -0.480 e. The summed E-state index contributed by atoms with van der Waals surface area (Å²) >= 11 is 1.47. The van der Waals surface area contributed by atoms with Gasteiger partial charge in [0.15, 0.2) is 0 Å². The molecule has 3 rings (SSSR count). The average Bonchev–Trinajstić information content (AvgIpc) is 2.97. The summed E-state index contributed by atoms with van der Waals surface area (Å²) in [4.78, 5) is 24.9. The van der Waals surface area contributed by atoms with Crippen molar-refractivity contribution in [2.24, 2.45) is 0 Å². The molecule has 21 heavy (non-hydrogen) atoms. The molecule has 1 unspecified atom stereocenters. The first-order valence-corrected chi connectivity index (χ1v) is 8.31. The normalized spacial score (nSPS) is 21.0. The predicted octanol–water partition coefficient (Wildman–Crippen LogP) is 2.56. The number of aryl methyl sites for hydroxylation is 1. The van der Waals surface area contributed by atoms with E-state index >= 15 is 0 Å². The number of urea groups is 1. The lowest BCUT2D eigenvalue weighted by Gasteiger charge is -2.24. The molecule has 0 bridgehead atoms. The maximum atomic E-state index is 12.4. The smallest absolute Gasteiger partial charge is 0.327 e. The number of anilines is 1. The van der Waals surface area contributed by atoms with E-state index in [4.69, 9.17) is 5.11 Å². The molecule has 0 radical (unpaired) electrons. The lowest BCUT2D eigenvalue weighted by molar-refractivity contribution is -0.140. The van der Waals surface area contributed by atoms with Gasteiger partial charge in [0.1, 0.15) is 6.04 Å². The number of rotatable bonds is 2. The van der Waals surface area contributed by atoms with Crippen LogP contribution < -0.4 is 5.32 Å². The van der Waals surface area contributed by atoms with Crippen LogP contribution in [0.15, 0.2) is 18.2 Å². The Hall–Kier alpha value is -1.69. The van der Waals surface area contributed by atoms with Gasteiger partial charge in [-0.3, -0.25) is 0 Å². The molecule has 1 atom stereocenters. The second-order valence-electron chi connectivity index (χ2n) is 5.40. The summed E-state index contributed by atoms with van der Waals surface area (Å²) < 4.78 is 0. The Morgan fingerprint density at radius 2 is 2.10 bits per heavy atom. The van der Waals surface area contributed by atoms with E-state index in [9.17, 15) is 9.59 Å². The van der Waals surface area contributed by atoms with Crippen molar-refractivity contribution in [1.29, 1.82) is 0 Å². The van der Waals surface area contributed by atoms with Crippen LogP contribution in [-0.2, 0) is 17.6 Å². The third kappa shape index (κ3) is 2.85. The zero-order valence-electron chi connectivity index (χ0n) is 11.7. The van der Waals surface area contributed by atoms with E-state index in [2.05, 4.69) is 11.4 Å². The van der Waals surface area contributed by atoms with Crippen LogP contribution in [0.1, 0.15) is 24.0 Å². The number of amides is 2. The van der Waals surface area contributed by atoms with Crippen LogP contribution in [0.2, 0.25) is 0 Å². The molecule has 0 spiro atoms. The largest absolute Gasteiger partial charge is 0.480 e. The highest BCUT2D eigenvalue weighted by Gasteiger charge is 2.34. The van der Waals surface area contributed by atoms with Gasteiger partial charge in [-0.15, -0.1) is 11.8 Å². The fourth-order valence-electron chi connectivity index (χ4n) is 2.93. The van der Waals surface area contributed by atoms with Gasteiger partial charge in [-0.05, 0) is 42.9 Å². The average molecular weight is 306 g/mol. The molecule has 0 aromatic heterocycles. The third-order valence-electron chi connectivity index (χ3n) is 4.07. The second kappa shape index (κ2) is 5.97. The van der Waals surface area contributed by atoms with Gasteiger partial charge in [0.05, 0.1) is 5.88 Å². The van der Waals surface area contributed by atoms with E-state index in [1.165, 1.54) is 34.2 Å². The van der Waals surface area contributed by atoms with Crippen LogP contribution in [0.3, 0.4) is 0 Å². The second-order valence-corrected chi connectivity index (χ2v) is 6.40. The van der Waals surface area contributed by atoms with Crippen molar-refractivity contribution >= 4 is 29.4 Å². The number of nitrogens with zero attached hydrogens (tertiary/aromatic N) is 1. The Labute approximate surface area is 127 Å². The van der Waals surface area contributed by atoms with Crippen molar-refractivity contribution in [2.45, 2.75) is 31.7 Å². The van der Waals surface area contributed by atoms with Gasteiger partial charge in [0, 0.05) is 11.4 Å². The summed E-state index contributed by atoms with van der Waals surface area (Å²) in [6.45, 7) is 0. The fraction of sp³-hybridized carbons (Fsp3) is 0.467. The molecule has 1 saturated heterocycles. The number of hydrogen-bond donors (Lipinski definition) is 2. The SMILES string of the molecule is O=C(O)C1CSCN1C(=O)Nc1cccc2c1CCCC2. The van der Waals surface area contributed by atoms with Crippen LogP contribution in [0, 0.1) is 0 Å². The van der Waals surface area contributed by atoms with Crippen molar-refractivity contribution < 1.29 is 14.7 Å². The van der Waals surface area contributed by atoms with E-state index in [0.717, 1.165) is 24.9 Å². The Bertz CT molecular complexity index is 576. The van der Waals surface area contributed by atoms with Gasteiger partial charge in [-0.1, -0.05) is 12.1 Å². The fourth-order valence-corrected chi connectivity index (χ4v) is 4.08. The first-order valence-electron chi connectivity index (χ1n) is 7.16. The van der Waals surface area contributed by atoms with Crippen LogP contribution in [-0.4, -0.2) is 39.7 Å². The maximum absolute atomic E-state index is 12.4. The Kier molecular flexibility index (Phi) is 4.05. The number of hydrogen-bond acceptors (Lipinski definition) is 3. The number of carbonyl (C=O) groups excluding carboxylic acids is 1. The Morgan fingerprint density at radius 3 is 2.90 bits per heavy atom. The summed E-state index contributed by atoms with van der Waals surface area (Å²) in [6, 6.07) is 4.92. The third-order valence-corrected chi connectivity index (χ3v) is 5.08. The maximum Gasteiger partial charge on any atom is 0.327 e. The van der Waals surface area contributed by atoms with E-state index < -0.39 is 12.0 Å². The molecule has 1 aromatic rings. The van der Waals surface area contributed by atoms with Crippen molar-refractivity contribution in [3.8, 4) is 0 Å². The summed E-state index contributed by atoms with van der Waals surface area (Å²) in [5, 5.41) is 12.1. The van der Waals surface area contributed by atoms with Gasteiger partial charge < -0.3 is 15.3 Å². The van der Waals surface area contributed by atoms with Crippen LogP contribution in [0.4, 0.5) is 10.5 Å². The number of carboxylic acid groups (broad SMARTS) is 1. The molecule has 6 heteroatoms. The monoisotopic (exact) mass is 306 g/mol. The minimum atomic E-state index is -0.940. The molecule has 112 valence electrons. The molecule has 1 aromatic carbocycles. The number of carbonyl (C=O) groups is 2. The molecule has 0 saturated carbocycles. The number of carboxylic acids is 1. The highest BCUT2D eigenvalue weighted by atomic mass is 32.2. The highest BCUT2D eigenvalue weighted by Crippen LogP contribution is 2.29. The Morgan fingerprint density at radius 1 is 1.29 bits per heavy atom.